The van der Waals surface area contributed by atoms with Crippen LogP contribution in [-0.4, -0.2) is 31.2 Å². The van der Waals surface area contributed by atoms with Crippen LogP contribution in [0.1, 0.15) is 12.0 Å². The number of benzene rings is 1. The van der Waals surface area contributed by atoms with Gasteiger partial charge < -0.3 is 19.9 Å². The van der Waals surface area contributed by atoms with E-state index in [0.29, 0.717) is 23.6 Å². The molecule has 6 nitrogen and oxygen atoms in total. The molecular weight excluding hydrogens is 262 g/mol. The predicted molar refractivity (Wildman–Crippen MR) is 72.1 cm³/mol. The molecular formula is C14H17NO5. The van der Waals surface area contributed by atoms with Crippen LogP contribution in [0.25, 0.3) is 0 Å². The van der Waals surface area contributed by atoms with Gasteiger partial charge in [-0.25, -0.2) is 0 Å². The molecule has 6 heteroatoms. The zero-order valence-electron chi connectivity index (χ0n) is 11.6. The summed E-state index contributed by atoms with van der Waals surface area (Å²) in [4.78, 5) is 22.7. The van der Waals surface area contributed by atoms with Crippen LogP contribution in [0.4, 0.5) is 5.69 Å². The maximum atomic E-state index is 11.9. The lowest BCUT2D eigenvalue weighted by atomic mass is 10.1. The van der Waals surface area contributed by atoms with Gasteiger partial charge in [-0.05, 0) is 25.0 Å². The molecule has 1 fully saturated rings. The number of carbonyl (C=O) groups is 2. The van der Waals surface area contributed by atoms with E-state index in [4.69, 9.17) is 14.6 Å². The Morgan fingerprint density at radius 1 is 1.20 bits per heavy atom. The summed E-state index contributed by atoms with van der Waals surface area (Å²) >= 11 is 0. The molecule has 0 heterocycles. The quantitative estimate of drug-likeness (QED) is 0.856. The average Bonchev–Trinajstić information content (AvgIpc) is 3.20. The molecule has 2 N–H and O–H groups in total. The summed E-state index contributed by atoms with van der Waals surface area (Å²) in [5.74, 6) is -1.10. The number of hydrogen-bond acceptors (Lipinski definition) is 4. The number of amides is 1. The number of aryl methyl sites for hydroxylation is 1. The van der Waals surface area contributed by atoms with Crippen molar-refractivity contribution in [3.8, 4) is 11.5 Å². The maximum absolute atomic E-state index is 11.9. The van der Waals surface area contributed by atoms with Crippen molar-refractivity contribution in [3.05, 3.63) is 17.7 Å². The first-order valence-electron chi connectivity index (χ1n) is 6.24. The van der Waals surface area contributed by atoms with Crippen LogP contribution in [0.5, 0.6) is 11.5 Å². The van der Waals surface area contributed by atoms with E-state index < -0.39 is 17.8 Å². The van der Waals surface area contributed by atoms with E-state index in [1.165, 1.54) is 14.2 Å². The standard InChI is InChI=1S/C14H17NO5/c1-7-4-11(19-2)12(20-3)6-10(7)15-13(16)8-5-9(8)14(17)18/h4,6,8-9H,5H2,1-3H3,(H,15,16)(H,17,18). The van der Waals surface area contributed by atoms with Crippen molar-refractivity contribution in [2.75, 3.05) is 19.5 Å². The summed E-state index contributed by atoms with van der Waals surface area (Å²) in [5, 5.41) is 11.6. The fourth-order valence-electron chi connectivity index (χ4n) is 2.10. The van der Waals surface area contributed by atoms with E-state index in [1.807, 2.05) is 6.92 Å². The highest BCUT2D eigenvalue weighted by Gasteiger charge is 2.48. The number of carboxylic acid groups (broad SMARTS) is 1. The number of methoxy groups -OCH3 is 2. The van der Waals surface area contributed by atoms with Crippen molar-refractivity contribution in [2.45, 2.75) is 13.3 Å². The van der Waals surface area contributed by atoms with Crippen molar-refractivity contribution in [1.29, 1.82) is 0 Å². The summed E-state index contributed by atoms with van der Waals surface area (Å²) in [5.41, 5.74) is 1.42. The Kier molecular flexibility index (Phi) is 3.83. The lowest BCUT2D eigenvalue weighted by molar-refractivity contribution is -0.139. The van der Waals surface area contributed by atoms with Gasteiger partial charge in [-0.15, -0.1) is 0 Å². The molecule has 1 aliphatic rings. The van der Waals surface area contributed by atoms with Crippen LogP contribution in [0.3, 0.4) is 0 Å². The lowest BCUT2D eigenvalue weighted by Gasteiger charge is -2.13. The molecule has 2 rings (SSSR count). The van der Waals surface area contributed by atoms with Crippen molar-refractivity contribution in [3.63, 3.8) is 0 Å². The average molecular weight is 279 g/mol. The second-order valence-corrected chi connectivity index (χ2v) is 4.80. The number of rotatable bonds is 5. The van der Waals surface area contributed by atoms with Gasteiger partial charge in [-0.3, -0.25) is 9.59 Å². The molecule has 0 radical (unpaired) electrons. The first-order valence-corrected chi connectivity index (χ1v) is 6.24. The minimum atomic E-state index is -0.922. The molecule has 0 aromatic heterocycles. The fraction of sp³-hybridized carbons (Fsp3) is 0.429. The van der Waals surface area contributed by atoms with Crippen LogP contribution in [0.2, 0.25) is 0 Å². The van der Waals surface area contributed by atoms with Gasteiger partial charge in [-0.1, -0.05) is 0 Å². The van der Waals surface area contributed by atoms with Gasteiger partial charge >= 0.3 is 5.97 Å². The third-order valence-electron chi connectivity index (χ3n) is 3.43. The van der Waals surface area contributed by atoms with Gasteiger partial charge in [0.05, 0.1) is 26.1 Å². The van der Waals surface area contributed by atoms with Crippen molar-refractivity contribution < 1.29 is 24.2 Å². The molecule has 0 aliphatic heterocycles. The van der Waals surface area contributed by atoms with E-state index in [0.717, 1.165) is 5.56 Å². The maximum Gasteiger partial charge on any atom is 0.307 e. The largest absolute Gasteiger partial charge is 0.493 e. The van der Waals surface area contributed by atoms with E-state index in [9.17, 15) is 9.59 Å². The van der Waals surface area contributed by atoms with Gasteiger partial charge in [0.15, 0.2) is 11.5 Å². The van der Waals surface area contributed by atoms with Crippen molar-refractivity contribution in [1.82, 2.24) is 0 Å². The number of nitrogens with one attached hydrogen (secondary N) is 1. The van der Waals surface area contributed by atoms with Crippen LogP contribution in [0, 0.1) is 18.8 Å². The molecule has 1 aromatic rings. The minimum absolute atomic E-state index is 0.271. The topological polar surface area (TPSA) is 84.9 Å². The summed E-state index contributed by atoms with van der Waals surface area (Å²) in [7, 11) is 3.05. The summed E-state index contributed by atoms with van der Waals surface area (Å²) in [6.45, 7) is 1.83. The Morgan fingerprint density at radius 3 is 2.30 bits per heavy atom. The Balaban J connectivity index is 2.14. The summed E-state index contributed by atoms with van der Waals surface area (Å²) in [6, 6.07) is 3.43. The summed E-state index contributed by atoms with van der Waals surface area (Å²) in [6.07, 6.45) is 0.396. The third-order valence-corrected chi connectivity index (χ3v) is 3.43. The number of aliphatic carboxylic acids is 1. The van der Waals surface area contributed by atoms with Gasteiger partial charge in [0, 0.05) is 11.8 Å². The first kappa shape index (κ1) is 14.2. The number of anilines is 1. The second kappa shape index (κ2) is 5.40. The highest BCUT2D eigenvalue weighted by atomic mass is 16.5. The zero-order chi connectivity index (χ0) is 14.9. The highest BCUT2D eigenvalue weighted by Crippen LogP contribution is 2.40. The molecule has 0 spiro atoms. The number of hydrogen-bond donors (Lipinski definition) is 2. The minimum Gasteiger partial charge on any atom is -0.493 e. The van der Waals surface area contributed by atoms with E-state index in [1.54, 1.807) is 12.1 Å². The first-order chi connectivity index (χ1) is 9.47. The van der Waals surface area contributed by atoms with Crippen LogP contribution in [0.15, 0.2) is 12.1 Å². The summed E-state index contributed by atoms with van der Waals surface area (Å²) < 4.78 is 10.3. The monoisotopic (exact) mass is 279 g/mol. The lowest BCUT2D eigenvalue weighted by Crippen LogP contribution is -2.17. The molecule has 0 bridgehead atoms. The van der Waals surface area contributed by atoms with Gasteiger partial charge in [-0.2, -0.15) is 0 Å². The molecule has 20 heavy (non-hydrogen) atoms. The van der Waals surface area contributed by atoms with Gasteiger partial charge in [0.2, 0.25) is 5.91 Å². The number of carbonyl (C=O) groups excluding carboxylic acids is 1. The Bertz CT molecular complexity index is 555. The SMILES string of the molecule is COc1cc(C)c(NC(=O)C2CC2C(=O)O)cc1OC. The molecule has 1 saturated carbocycles. The zero-order valence-corrected chi connectivity index (χ0v) is 11.6. The molecule has 1 aromatic carbocycles. The highest BCUT2D eigenvalue weighted by molar-refractivity contribution is 5.98. The van der Waals surface area contributed by atoms with Crippen molar-refractivity contribution >= 4 is 17.6 Å². The molecule has 0 saturated heterocycles. The molecule has 1 aliphatic carbocycles. The molecule has 2 unspecified atom stereocenters. The third kappa shape index (κ3) is 2.68. The van der Waals surface area contributed by atoms with Gasteiger partial charge in [0.1, 0.15) is 0 Å². The molecule has 2 atom stereocenters. The van der Waals surface area contributed by atoms with E-state index >= 15 is 0 Å². The van der Waals surface area contributed by atoms with Gasteiger partial charge in [0.25, 0.3) is 0 Å². The Hall–Kier alpha value is -2.24. The normalized spacial score (nSPS) is 20.1. The second-order valence-electron chi connectivity index (χ2n) is 4.80. The Labute approximate surface area is 116 Å². The van der Waals surface area contributed by atoms with Crippen LogP contribution in [-0.2, 0) is 9.59 Å². The molecule has 108 valence electrons. The van der Waals surface area contributed by atoms with Crippen molar-refractivity contribution in [2.24, 2.45) is 11.8 Å². The van der Waals surface area contributed by atoms with Crippen LogP contribution < -0.4 is 14.8 Å². The number of ether oxygens (including phenoxy) is 2. The molecule has 1 amide bonds. The fourth-order valence-corrected chi connectivity index (χ4v) is 2.10. The predicted octanol–water partition coefficient (Wildman–Crippen LogP) is 1.67. The Morgan fingerprint density at radius 2 is 1.80 bits per heavy atom. The smallest absolute Gasteiger partial charge is 0.307 e. The number of carboxylic acids is 1. The van der Waals surface area contributed by atoms with E-state index in [2.05, 4.69) is 5.32 Å². The van der Waals surface area contributed by atoms with E-state index in [-0.39, 0.29) is 5.91 Å². The van der Waals surface area contributed by atoms with Crippen LogP contribution >= 0.6 is 0 Å².